The molecule has 0 bridgehead atoms. The molecule has 0 atom stereocenters. The van der Waals surface area contributed by atoms with Gasteiger partial charge in [-0.15, -0.1) is 0 Å². The lowest BCUT2D eigenvalue weighted by Gasteiger charge is -2.01. The van der Waals surface area contributed by atoms with Crippen LogP contribution >= 0.6 is 27.5 Å². The summed E-state index contributed by atoms with van der Waals surface area (Å²) in [6.45, 7) is 0.00834. The van der Waals surface area contributed by atoms with Gasteiger partial charge in [0, 0.05) is 5.56 Å². The van der Waals surface area contributed by atoms with Crippen LogP contribution in [0.1, 0.15) is 4.88 Å². The maximum atomic E-state index is 9.08. The number of hydrogen-bond acceptors (Lipinski definition) is 4. The number of aliphatic hydroxyl groups is 1. The molecule has 3 nitrogen and oxygen atoms in total. The molecular weight excluding hydrogens is 290 g/mol. The van der Waals surface area contributed by atoms with Gasteiger partial charge < -0.3 is 9.84 Å². The van der Waals surface area contributed by atoms with Gasteiger partial charge in [-0.1, -0.05) is 0 Å². The number of aromatic nitrogens is 1. The summed E-state index contributed by atoms with van der Waals surface area (Å²) in [6, 6.07) is 7.67. The van der Waals surface area contributed by atoms with Gasteiger partial charge in [0.05, 0.1) is 28.8 Å². The molecule has 0 saturated heterocycles. The Labute approximate surface area is 106 Å². The Morgan fingerprint density at radius 2 is 2.06 bits per heavy atom. The van der Waals surface area contributed by atoms with Crippen molar-refractivity contribution in [2.75, 3.05) is 7.11 Å². The van der Waals surface area contributed by atoms with E-state index in [-0.39, 0.29) is 6.61 Å². The van der Waals surface area contributed by atoms with E-state index in [9.17, 15) is 0 Å². The van der Waals surface area contributed by atoms with E-state index in [4.69, 9.17) is 9.84 Å². The first-order valence-electron chi connectivity index (χ1n) is 4.65. The fourth-order valence-electron chi connectivity index (χ4n) is 1.34. The lowest BCUT2D eigenvalue weighted by Crippen LogP contribution is -1.83. The maximum Gasteiger partial charge on any atom is 0.118 e. The Balaban J connectivity index is 2.38. The van der Waals surface area contributed by atoms with Crippen LogP contribution in [0.3, 0.4) is 0 Å². The third kappa shape index (κ3) is 2.11. The zero-order valence-corrected chi connectivity index (χ0v) is 11.0. The summed E-state index contributed by atoms with van der Waals surface area (Å²) in [5.74, 6) is 0.817. The first kappa shape index (κ1) is 11.6. The van der Waals surface area contributed by atoms with Gasteiger partial charge in [-0.2, -0.15) is 4.37 Å². The minimum Gasteiger partial charge on any atom is -0.497 e. The number of ether oxygens (including phenoxy) is 1. The lowest BCUT2D eigenvalue weighted by atomic mass is 10.1. The molecule has 2 aromatic rings. The van der Waals surface area contributed by atoms with Crippen LogP contribution in [0.5, 0.6) is 5.75 Å². The van der Waals surface area contributed by atoms with Gasteiger partial charge in [0.15, 0.2) is 0 Å². The highest BCUT2D eigenvalue weighted by Gasteiger charge is 2.11. The van der Waals surface area contributed by atoms with Gasteiger partial charge in [-0.05, 0) is 51.7 Å². The Bertz CT molecular complexity index is 481. The molecule has 0 aliphatic heterocycles. The summed E-state index contributed by atoms with van der Waals surface area (Å²) in [7, 11) is 1.64. The van der Waals surface area contributed by atoms with Gasteiger partial charge in [-0.3, -0.25) is 0 Å². The first-order valence-corrected chi connectivity index (χ1v) is 6.22. The molecule has 5 heteroatoms. The zero-order chi connectivity index (χ0) is 11.5. The number of hydrogen-bond donors (Lipinski definition) is 1. The third-order valence-corrected chi connectivity index (χ3v) is 4.15. The molecule has 0 aliphatic rings. The molecule has 1 aromatic carbocycles. The molecular formula is C11H10BrNO2S. The van der Waals surface area contributed by atoms with Crippen LogP contribution in [-0.4, -0.2) is 16.6 Å². The smallest absolute Gasteiger partial charge is 0.118 e. The van der Waals surface area contributed by atoms with Crippen LogP contribution in [0.15, 0.2) is 28.7 Å². The number of methoxy groups -OCH3 is 1. The van der Waals surface area contributed by atoms with Crippen molar-refractivity contribution in [3.05, 3.63) is 33.6 Å². The van der Waals surface area contributed by atoms with Crippen LogP contribution in [0.4, 0.5) is 0 Å². The van der Waals surface area contributed by atoms with Crippen molar-refractivity contribution in [3.63, 3.8) is 0 Å². The SMILES string of the molecule is COc1ccc(-c2nsc(CO)c2Br)cc1. The van der Waals surface area contributed by atoms with E-state index in [1.54, 1.807) is 7.11 Å². The zero-order valence-electron chi connectivity index (χ0n) is 8.61. The lowest BCUT2D eigenvalue weighted by molar-refractivity contribution is 0.285. The van der Waals surface area contributed by atoms with E-state index in [1.165, 1.54) is 11.5 Å². The number of aliphatic hydroxyl groups excluding tert-OH is 1. The standard InChI is InChI=1S/C11H10BrNO2S/c1-15-8-4-2-7(3-5-8)11-10(12)9(6-14)16-13-11/h2-5,14H,6H2,1H3. The largest absolute Gasteiger partial charge is 0.497 e. The highest BCUT2D eigenvalue weighted by atomic mass is 79.9. The van der Waals surface area contributed by atoms with Crippen molar-refractivity contribution in [3.8, 4) is 17.0 Å². The van der Waals surface area contributed by atoms with Crippen LogP contribution in [-0.2, 0) is 6.61 Å². The summed E-state index contributed by atoms with van der Waals surface area (Å²) in [4.78, 5) is 0.839. The highest BCUT2D eigenvalue weighted by Crippen LogP contribution is 2.33. The van der Waals surface area contributed by atoms with E-state index in [0.29, 0.717) is 0 Å². The van der Waals surface area contributed by atoms with Crippen LogP contribution < -0.4 is 4.74 Å². The van der Waals surface area contributed by atoms with Crippen LogP contribution in [0.2, 0.25) is 0 Å². The van der Waals surface area contributed by atoms with Gasteiger partial charge in [0.2, 0.25) is 0 Å². The van der Waals surface area contributed by atoms with Gasteiger partial charge >= 0.3 is 0 Å². The summed E-state index contributed by atoms with van der Waals surface area (Å²) >= 11 is 4.74. The van der Waals surface area contributed by atoms with E-state index in [2.05, 4.69) is 20.3 Å². The topological polar surface area (TPSA) is 42.4 Å². The Kier molecular flexibility index (Phi) is 3.58. The van der Waals surface area contributed by atoms with E-state index in [1.807, 2.05) is 24.3 Å². The second kappa shape index (κ2) is 4.95. The summed E-state index contributed by atoms with van der Waals surface area (Å²) in [5.41, 5.74) is 1.86. The van der Waals surface area contributed by atoms with Gasteiger partial charge in [0.1, 0.15) is 5.75 Å². The van der Waals surface area contributed by atoms with Crippen LogP contribution in [0, 0.1) is 0 Å². The molecule has 0 unspecified atom stereocenters. The molecule has 1 heterocycles. The average Bonchev–Trinajstić information content (AvgIpc) is 2.70. The van der Waals surface area contributed by atoms with Crippen molar-refractivity contribution < 1.29 is 9.84 Å². The third-order valence-electron chi connectivity index (χ3n) is 2.21. The van der Waals surface area contributed by atoms with E-state index in [0.717, 1.165) is 26.4 Å². The molecule has 0 amide bonds. The fourth-order valence-corrected chi connectivity index (χ4v) is 2.75. The Morgan fingerprint density at radius 1 is 1.38 bits per heavy atom. The quantitative estimate of drug-likeness (QED) is 0.947. The van der Waals surface area contributed by atoms with Crippen molar-refractivity contribution in [1.82, 2.24) is 4.37 Å². The fraction of sp³-hybridized carbons (Fsp3) is 0.182. The Hall–Kier alpha value is -0.910. The molecule has 0 fully saturated rings. The molecule has 0 radical (unpaired) electrons. The highest BCUT2D eigenvalue weighted by molar-refractivity contribution is 9.10. The monoisotopic (exact) mass is 299 g/mol. The van der Waals surface area contributed by atoms with Gasteiger partial charge in [0.25, 0.3) is 0 Å². The Morgan fingerprint density at radius 3 is 2.56 bits per heavy atom. The predicted molar refractivity (Wildman–Crippen MR) is 67.7 cm³/mol. The number of rotatable bonds is 3. The summed E-state index contributed by atoms with van der Waals surface area (Å²) in [6.07, 6.45) is 0. The minimum absolute atomic E-state index is 0.00834. The van der Waals surface area contributed by atoms with E-state index < -0.39 is 0 Å². The molecule has 2 rings (SSSR count). The molecule has 1 N–H and O–H groups in total. The normalized spacial score (nSPS) is 10.4. The molecule has 0 spiro atoms. The van der Waals surface area contributed by atoms with Crippen molar-refractivity contribution >= 4 is 27.5 Å². The van der Waals surface area contributed by atoms with E-state index >= 15 is 0 Å². The van der Waals surface area contributed by atoms with Crippen molar-refractivity contribution in [2.24, 2.45) is 0 Å². The van der Waals surface area contributed by atoms with Crippen LogP contribution in [0.25, 0.3) is 11.3 Å². The molecule has 0 saturated carbocycles. The average molecular weight is 300 g/mol. The molecule has 1 aromatic heterocycles. The van der Waals surface area contributed by atoms with Gasteiger partial charge in [-0.25, -0.2) is 0 Å². The number of nitrogens with zero attached hydrogens (tertiary/aromatic N) is 1. The molecule has 84 valence electrons. The maximum absolute atomic E-state index is 9.08. The number of halogens is 1. The molecule has 16 heavy (non-hydrogen) atoms. The second-order valence-electron chi connectivity index (χ2n) is 3.15. The number of benzene rings is 1. The second-order valence-corrected chi connectivity index (χ2v) is 4.81. The summed E-state index contributed by atoms with van der Waals surface area (Å²) in [5, 5.41) is 9.08. The first-order chi connectivity index (χ1) is 7.76. The van der Waals surface area contributed by atoms with Crippen molar-refractivity contribution in [2.45, 2.75) is 6.61 Å². The van der Waals surface area contributed by atoms with Crippen molar-refractivity contribution in [1.29, 1.82) is 0 Å². The summed E-state index contributed by atoms with van der Waals surface area (Å²) < 4.78 is 10.3. The minimum atomic E-state index is 0.00834. The predicted octanol–water partition coefficient (Wildman–Crippen LogP) is 3.07. The molecule has 0 aliphatic carbocycles.